The van der Waals surface area contributed by atoms with Gasteiger partial charge < -0.3 is 10.6 Å². The molecule has 0 bridgehead atoms. The van der Waals surface area contributed by atoms with Crippen LogP contribution < -0.4 is 10.6 Å². The number of carbonyl (C=O) groups excluding carboxylic acids is 2. The van der Waals surface area contributed by atoms with Crippen molar-refractivity contribution in [3.8, 4) is 11.4 Å². The summed E-state index contributed by atoms with van der Waals surface area (Å²) in [7, 11) is 0. The minimum atomic E-state index is -0.246. The van der Waals surface area contributed by atoms with Gasteiger partial charge in [-0.05, 0) is 86.9 Å². The number of thioether (sulfide) groups is 2. The summed E-state index contributed by atoms with van der Waals surface area (Å²) in [6.07, 6.45) is 0.540. The lowest BCUT2D eigenvalue weighted by Gasteiger charge is -2.11. The number of tetrazole rings is 2. The van der Waals surface area contributed by atoms with Gasteiger partial charge in [-0.15, -0.1) is 10.2 Å². The Balaban J connectivity index is 1.000. The van der Waals surface area contributed by atoms with E-state index < -0.39 is 0 Å². The number of carbonyl (C=O) groups is 2. The van der Waals surface area contributed by atoms with Gasteiger partial charge in [0.1, 0.15) is 0 Å². The molecule has 0 radical (unpaired) electrons. The second-order valence-electron chi connectivity index (χ2n) is 9.90. The van der Waals surface area contributed by atoms with E-state index >= 15 is 0 Å². The monoisotopic (exact) mass is 702 g/mol. The topological polar surface area (TPSA) is 145 Å². The molecule has 2 aromatic heterocycles. The quantitative estimate of drug-likeness (QED) is 0.146. The normalized spacial score (nSPS) is 10.9. The van der Waals surface area contributed by atoms with Crippen LogP contribution in [0.25, 0.3) is 11.4 Å². The van der Waals surface area contributed by atoms with Crippen LogP contribution in [0.5, 0.6) is 0 Å². The third kappa shape index (κ3) is 8.34. The Morgan fingerprint density at radius 1 is 0.617 bits per heavy atom. The molecule has 2 amide bonds. The summed E-state index contributed by atoms with van der Waals surface area (Å²) in [6, 6.07) is 29.7. The van der Waals surface area contributed by atoms with Crippen molar-refractivity contribution >= 4 is 69.9 Å². The molecule has 6 rings (SSSR count). The van der Waals surface area contributed by atoms with Crippen molar-refractivity contribution in [1.82, 2.24) is 40.4 Å². The van der Waals surface area contributed by atoms with Crippen LogP contribution in [0.4, 0.5) is 11.4 Å². The number of hydrogen-bond acceptors (Lipinski definition) is 10. The molecule has 0 spiro atoms. The SMILES string of the molecule is O=C(CSc1nnnn1-c1ccccc1)Nc1ccc(Cc2ccc(NC(=O)CSc3nnnn3-c3ccccc3)c(Cl)c2)cc1Cl. The van der Waals surface area contributed by atoms with Crippen molar-refractivity contribution in [2.45, 2.75) is 16.7 Å². The highest BCUT2D eigenvalue weighted by molar-refractivity contribution is 8.00. The van der Waals surface area contributed by atoms with E-state index in [1.165, 1.54) is 23.5 Å². The number of benzene rings is 4. The summed E-state index contributed by atoms with van der Waals surface area (Å²) in [5, 5.41) is 31.0. The van der Waals surface area contributed by atoms with E-state index in [9.17, 15) is 9.59 Å². The molecular formula is C31H24Cl2N10O2S2. The highest BCUT2D eigenvalue weighted by Crippen LogP contribution is 2.28. The van der Waals surface area contributed by atoms with Gasteiger partial charge in [0.15, 0.2) is 0 Å². The molecule has 4 aromatic carbocycles. The number of amides is 2. The zero-order chi connectivity index (χ0) is 32.6. The van der Waals surface area contributed by atoms with E-state index in [1.54, 1.807) is 33.6 Å². The van der Waals surface area contributed by atoms with E-state index in [4.69, 9.17) is 23.2 Å². The molecular weight excluding hydrogens is 679 g/mol. The molecule has 0 aliphatic heterocycles. The van der Waals surface area contributed by atoms with E-state index in [1.807, 2.05) is 72.8 Å². The van der Waals surface area contributed by atoms with Crippen molar-refractivity contribution in [2.24, 2.45) is 0 Å². The van der Waals surface area contributed by atoms with Crippen molar-refractivity contribution in [3.63, 3.8) is 0 Å². The lowest BCUT2D eigenvalue weighted by Crippen LogP contribution is -2.15. The Bertz CT molecular complexity index is 1870. The molecule has 12 nitrogen and oxygen atoms in total. The Morgan fingerprint density at radius 3 is 1.45 bits per heavy atom. The number of nitrogens with one attached hydrogen (secondary N) is 2. The fraction of sp³-hybridized carbons (Fsp3) is 0.0968. The molecule has 2 heterocycles. The number of nitrogens with zero attached hydrogens (tertiary/aromatic N) is 8. The number of anilines is 2. The summed E-state index contributed by atoms with van der Waals surface area (Å²) in [5.74, 6) is -0.301. The third-order valence-corrected chi connectivity index (χ3v) is 9.04. The van der Waals surface area contributed by atoms with Gasteiger partial charge in [-0.1, -0.05) is 95.3 Å². The number of aromatic nitrogens is 8. The fourth-order valence-electron chi connectivity index (χ4n) is 4.41. The summed E-state index contributed by atoms with van der Waals surface area (Å²) >= 11 is 15.5. The predicted molar refractivity (Wildman–Crippen MR) is 183 cm³/mol. The van der Waals surface area contributed by atoms with Crippen molar-refractivity contribution in [1.29, 1.82) is 0 Å². The van der Waals surface area contributed by atoms with Crippen LogP contribution in [0.3, 0.4) is 0 Å². The van der Waals surface area contributed by atoms with Gasteiger partial charge in [-0.2, -0.15) is 9.36 Å². The van der Waals surface area contributed by atoms with Gasteiger partial charge in [-0.25, -0.2) is 0 Å². The fourth-order valence-corrected chi connectivity index (χ4v) is 6.29. The van der Waals surface area contributed by atoms with Crippen LogP contribution in [0, 0.1) is 0 Å². The first-order valence-electron chi connectivity index (χ1n) is 14.0. The van der Waals surface area contributed by atoms with Crippen molar-refractivity contribution in [3.05, 3.63) is 118 Å². The first kappa shape index (κ1) is 32.2. The zero-order valence-corrected chi connectivity index (χ0v) is 27.5. The molecule has 0 saturated carbocycles. The minimum absolute atomic E-state index is 0.0951. The number of rotatable bonds is 12. The molecule has 236 valence electrons. The highest BCUT2D eigenvalue weighted by atomic mass is 35.5. The standard InChI is InChI=1S/C31H24Cl2N10O2S2/c32-24-16-20(11-13-26(24)34-28(44)18-46-30-36-38-40-42(30)22-7-3-1-4-8-22)15-21-12-14-27(25(33)17-21)35-29(45)19-47-31-37-39-41-43(31)23-9-5-2-6-10-23/h1-14,16-17H,15,18-19H2,(H,34,44)(H,35,45). The molecule has 0 atom stereocenters. The van der Waals surface area contributed by atoms with E-state index in [-0.39, 0.29) is 23.3 Å². The maximum atomic E-state index is 12.7. The average molecular weight is 704 g/mol. The van der Waals surface area contributed by atoms with Gasteiger partial charge in [0.05, 0.1) is 44.3 Å². The van der Waals surface area contributed by atoms with Crippen molar-refractivity contribution in [2.75, 3.05) is 22.1 Å². The maximum Gasteiger partial charge on any atom is 0.234 e. The van der Waals surface area contributed by atoms with Crippen LogP contribution in [0.2, 0.25) is 10.0 Å². The van der Waals surface area contributed by atoms with E-state index in [0.717, 1.165) is 22.5 Å². The predicted octanol–water partition coefficient (Wildman–Crippen LogP) is 6.00. The number of para-hydroxylation sites is 2. The zero-order valence-electron chi connectivity index (χ0n) is 24.3. The average Bonchev–Trinajstić information content (AvgIpc) is 3.76. The summed E-state index contributed by atoms with van der Waals surface area (Å²) < 4.78 is 3.15. The molecule has 16 heteroatoms. The Morgan fingerprint density at radius 2 is 1.04 bits per heavy atom. The molecule has 47 heavy (non-hydrogen) atoms. The summed E-state index contributed by atoms with van der Waals surface area (Å²) in [5.41, 5.74) is 4.43. The van der Waals surface area contributed by atoms with Crippen LogP contribution in [0.1, 0.15) is 11.1 Å². The summed E-state index contributed by atoms with van der Waals surface area (Å²) in [6.45, 7) is 0. The second kappa shape index (κ2) is 15.2. The highest BCUT2D eigenvalue weighted by Gasteiger charge is 2.15. The lowest BCUT2D eigenvalue weighted by atomic mass is 10.0. The maximum absolute atomic E-state index is 12.7. The van der Waals surface area contributed by atoms with Gasteiger partial charge in [0.25, 0.3) is 0 Å². The van der Waals surface area contributed by atoms with Gasteiger partial charge in [0, 0.05) is 0 Å². The molecule has 6 aromatic rings. The molecule has 0 fully saturated rings. The molecule has 0 saturated heterocycles. The van der Waals surface area contributed by atoms with Gasteiger partial charge in [-0.3, -0.25) is 9.59 Å². The third-order valence-electron chi connectivity index (χ3n) is 6.57. The first-order chi connectivity index (χ1) is 22.9. The smallest absolute Gasteiger partial charge is 0.234 e. The van der Waals surface area contributed by atoms with Crippen LogP contribution in [-0.2, 0) is 16.0 Å². The Hall–Kier alpha value is -4.76. The van der Waals surface area contributed by atoms with Crippen LogP contribution in [0.15, 0.2) is 107 Å². The Kier molecular flexibility index (Phi) is 10.4. The molecule has 0 unspecified atom stereocenters. The largest absolute Gasteiger partial charge is 0.324 e. The van der Waals surface area contributed by atoms with Crippen molar-refractivity contribution < 1.29 is 9.59 Å². The van der Waals surface area contributed by atoms with Crippen LogP contribution >= 0.6 is 46.7 Å². The van der Waals surface area contributed by atoms with E-state index in [2.05, 4.69) is 41.7 Å². The molecule has 2 N–H and O–H groups in total. The number of halogens is 2. The van der Waals surface area contributed by atoms with E-state index in [0.29, 0.717) is 38.2 Å². The molecule has 0 aliphatic rings. The lowest BCUT2D eigenvalue weighted by molar-refractivity contribution is -0.114. The first-order valence-corrected chi connectivity index (χ1v) is 16.8. The Labute approximate surface area is 287 Å². The van der Waals surface area contributed by atoms with Gasteiger partial charge >= 0.3 is 0 Å². The number of hydrogen-bond donors (Lipinski definition) is 2. The van der Waals surface area contributed by atoms with Gasteiger partial charge in [0.2, 0.25) is 22.1 Å². The minimum Gasteiger partial charge on any atom is -0.324 e. The summed E-state index contributed by atoms with van der Waals surface area (Å²) in [4.78, 5) is 25.4. The van der Waals surface area contributed by atoms with Crippen LogP contribution in [-0.4, -0.2) is 63.7 Å². The molecule has 0 aliphatic carbocycles. The second-order valence-corrected chi connectivity index (χ2v) is 12.6.